The molecule has 0 aliphatic heterocycles. The van der Waals surface area contributed by atoms with Gasteiger partial charge in [-0.15, -0.1) is 0 Å². The van der Waals surface area contributed by atoms with Gasteiger partial charge in [0.1, 0.15) is 0 Å². The van der Waals surface area contributed by atoms with Crippen LogP contribution in [0.15, 0.2) is 48.8 Å². The molecule has 0 spiro atoms. The van der Waals surface area contributed by atoms with Crippen molar-refractivity contribution in [3.05, 3.63) is 64.9 Å². The van der Waals surface area contributed by atoms with Gasteiger partial charge < -0.3 is 5.32 Å². The van der Waals surface area contributed by atoms with Crippen LogP contribution in [0.3, 0.4) is 0 Å². The first kappa shape index (κ1) is 19.4. The number of carbonyl (C=O) groups excluding carboxylic acids is 1. The molecule has 2 saturated carbocycles. The summed E-state index contributed by atoms with van der Waals surface area (Å²) >= 11 is 6.09. The zero-order valence-electron chi connectivity index (χ0n) is 16.5. The number of aromatic nitrogens is 1. The van der Waals surface area contributed by atoms with Gasteiger partial charge in [0.25, 0.3) is 0 Å². The highest BCUT2D eigenvalue weighted by Crippen LogP contribution is 2.55. The van der Waals surface area contributed by atoms with Crippen LogP contribution in [0.25, 0.3) is 0 Å². The largest absolute Gasteiger partial charge is 0.352 e. The van der Waals surface area contributed by atoms with Crippen molar-refractivity contribution in [3.63, 3.8) is 0 Å². The molecule has 28 heavy (non-hydrogen) atoms. The van der Waals surface area contributed by atoms with Gasteiger partial charge in [-0.2, -0.15) is 0 Å². The fraction of sp³-hybridized carbons (Fsp3) is 0.500. The van der Waals surface area contributed by atoms with Gasteiger partial charge in [0, 0.05) is 29.4 Å². The lowest BCUT2D eigenvalue weighted by atomic mass is 9.55. The van der Waals surface area contributed by atoms with Crippen molar-refractivity contribution in [2.24, 2.45) is 17.3 Å². The molecule has 2 bridgehead atoms. The average Bonchev–Trinajstić information content (AvgIpc) is 2.73. The SMILES string of the molecule is CC[C@]1(C(=O)NCc2ccncc2)C[C@@H]2CCC(c3ccc(Cl)cc3)[C@@H](C2)C1. The molecule has 2 aromatic rings. The van der Waals surface area contributed by atoms with E-state index in [1.165, 1.54) is 24.8 Å². The second-order valence-electron chi connectivity index (χ2n) is 8.68. The van der Waals surface area contributed by atoms with Gasteiger partial charge in [-0.1, -0.05) is 30.7 Å². The Hall–Kier alpha value is -1.87. The van der Waals surface area contributed by atoms with E-state index in [1.807, 2.05) is 24.3 Å². The number of pyridine rings is 1. The summed E-state index contributed by atoms with van der Waals surface area (Å²) in [6.07, 6.45) is 10.2. The average molecular weight is 397 g/mol. The predicted molar refractivity (Wildman–Crippen MR) is 113 cm³/mol. The third-order valence-electron chi connectivity index (χ3n) is 7.08. The van der Waals surface area contributed by atoms with Crippen LogP contribution in [-0.4, -0.2) is 10.9 Å². The molecule has 1 unspecified atom stereocenters. The third-order valence-corrected chi connectivity index (χ3v) is 7.33. The second-order valence-corrected chi connectivity index (χ2v) is 9.11. The van der Waals surface area contributed by atoms with Crippen molar-refractivity contribution in [1.82, 2.24) is 10.3 Å². The molecule has 0 radical (unpaired) electrons. The molecule has 3 nitrogen and oxygen atoms in total. The van der Waals surface area contributed by atoms with Gasteiger partial charge in [-0.05, 0) is 91.7 Å². The summed E-state index contributed by atoms with van der Waals surface area (Å²) in [5, 5.41) is 4.02. The Bertz CT molecular complexity index is 807. The number of benzene rings is 1. The molecule has 0 saturated heterocycles. The van der Waals surface area contributed by atoms with Crippen molar-refractivity contribution in [2.75, 3.05) is 0 Å². The van der Waals surface area contributed by atoms with E-state index in [0.29, 0.717) is 24.3 Å². The molecular formula is C24H29ClN2O. The number of rotatable bonds is 5. The van der Waals surface area contributed by atoms with E-state index in [4.69, 9.17) is 11.6 Å². The zero-order chi connectivity index (χ0) is 19.6. The van der Waals surface area contributed by atoms with E-state index in [9.17, 15) is 4.79 Å². The summed E-state index contributed by atoms with van der Waals surface area (Å²) in [4.78, 5) is 17.4. The molecule has 2 aliphatic rings. The van der Waals surface area contributed by atoms with E-state index >= 15 is 0 Å². The summed E-state index contributed by atoms with van der Waals surface area (Å²) in [6, 6.07) is 12.3. The van der Waals surface area contributed by atoms with E-state index in [2.05, 4.69) is 29.4 Å². The van der Waals surface area contributed by atoms with Crippen LogP contribution >= 0.6 is 11.6 Å². The van der Waals surface area contributed by atoms with Crippen molar-refractivity contribution < 1.29 is 4.79 Å². The Kier molecular flexibility index (Phi) is 5.73. The van der Waals surface area contributed by atoms with E-state index in [1.54, 1.807) is 12.4 Å². The maximum absolute atomic E-state index is 13.3. The Morgan fingerprint density at radius 3 is 2.61 bits per heavy atom. The minimum atomic E-state index is -0.230. The van der Waals surface area contributed by atoms with Crippen LogP contribution in [0.1, 0.15) is 62.5 Å². The predicted octanol–water partition coefficient (Wildman–Crippen LogP) is 5.74. The third kappa shape index (κ3) is 3.96. The van der Waals surface area contributed by atoms with Crippen LogP contribution in [0.2, 0.25) is 5.02 Å². The van der Waals surface area contributed by atoms with Gasteiger partial charge in [-0.25, -0.2) is 0 Å². The number of amides is 1. The van der Waals surface area contributed by atoms with Gasteiger partial charge in [0.2, 0.25) is 5.91 Å². The number of carbonyl (C=O) groups is 1. The van der Waals surface area contributed by atoms with Gasteiger partial charge in [-0.3, -0.25) is 9.78 Å². The lowest BCUT2D eigenvalue weighted by Gasteiger charge is -2.49. The van der Waals surface area contributed by atoms with Crippen molar-refractivity contribution in [3.8, 4) is 0 Å². The molecule has 1 N–H and O–H groups in total. The number of hydrogen-bond acceptors (Lipinski definition) is 2. The molecular weight excluding hydrogens is 368 g/mol. The summed E-state index contributed by atoms with van der Waals surface area (Å²) < 4.78 is 0. The highest BCUT2D eigenvalue weighted by Gasteiger charge is 2.48. The van der Waals surface area contributed by atoms with Gasteiger partial charge in [0.15, 0.2) is 0 Å². The Morgan fingerprint density at radius 1 is 1.14 bits per heavy atom. The topological polar surface area (TPSA) is 42.0 Å². The molecule has 1 aromatic carbocycles. The van der Waals surface area contributed by atoms with Crippen molar-refractivity contribution >= 4 is 17.5 Å². The molecule has 2 aliphatic carbocycles. The molecule has 4 heteroatoms. The summed E-state index contributed by atoms with van der Waals surface area (Å²) in [6.45, 7) is 2.77. The van der Waals surface area contributed by atoms with Crippen LogP contribution in [0, 0.1) is 17.3 Å². The van der Waals surface area contributed by atoms with Crippen LogP contribution < -0.4 is 5.32 Å². The normalized spacial score (nSPS) is 29.3. The number of nitrogens with zero attached hydrogens (tertiary/aromatic N) is 1. The van der Waals surface area contributed by atoms with E-state index < -0.39 is 0 Å². The van der Waals surface area contributed by atoms with Crippen molar-refractivity contribution in [2.45, 2.75) is 57.9 Å². The maximum atomic E-state index is 13.3. The minimum Gasteiger partial charge on any atom is -0.352 e. The van der Waals surface area contributed by atoms with Gasteiger partial charge >= 0.3 is 0 Å². The highest BCUT2D eigenvalue weighted by molar-refractivity contribution is 6.30. The molecule has 148 valence electrons. The first-order chi connectivity index (χ1) is 13.6. The highest BCUT2D eigenvalue weighted by atomic mass is 35.5. The van der Waals surface area contributed by atoms with Gasteiger partial charge in [0.05, 0.1) is 0 Å². The molecule has 2 fully saturated rings. The molecule has 1 aromatic heterocycles. The van der Waals surface area contributed by atoms with Crippen LogP contribution in [-0.2, 0) is 11.3 Å². The second kappa shape index (κ2) is 8.24. The fourth-order valence-electron chi connectivity index (χ4n) is 5.56. The standard InChI is InChI=1S/C24H29ClN2O/c1-2-24(23(28)27-16-17-9-11-26-12-10-17)14-18-3-8-22(20(13-18)15-24)19-4-6-21(25)7-5-19/h4-7,9-12,18,20,22H,2-3,8,13-16H2,1H3,(H,27,28)/t18-,20+,22?,24+/m1/s1. The number of fused-ring (bicyclic) bond motifs is 2. The molecule has 1 heterocycles. The number of nitrogens with one attached hydrogen (secondary N) is 1. The zero-order valence-corrected chi connectivity index (χ0v) is 17.3. The van der Waals surface area contributed by atoms with Crippen LogP contribution in [0.5, 0.6) is 0 Å². The monoisotopic (exact) mass is 396 g/mol. The number of hydrogen-bond donors (Lipinski definition) is 1. The molecule has 4 rings (SSSR count). The molecule has 1 amide bonds. The minimum absolute atomic E-state index is 0.230. The van der Waals surface area contributed by atoms with Crippen LogP contribution in [0.4, 0.5) is 0 Å². The smallest absolute Gasteiger partial charge is 0.226 e. The quantitative estimate of drug-likeness (QED) is 0.699. The summed E-state index contributed by atoms with van der Waals surface area (Å²) in [5.74, 6) is 2.04. The lowest BCUT2D eigenvalue weighted by Crippen LogP contribution is -2.47. The van der Waals surface area contributed by atoms with E-state index in [-0.39, 0.29) is 11.3 Å². The van der Waals surface area contributed by atoms with E-state index in [0.717, 1.165) is 29.8 Å². The fourth-order valence-corrected chi connectivity index (χ4v) is 5.69. The molecule has 4 atom stereocenters. The maximum Gasteiger partial charge on any atom is 0.226 e. The summed E-state index contributed by atoms with van der Waals surface area (Å²) in [5.41, 5.74) is 2.26. The Balaban J connectivity index is 1.50. The first-order valence-corrected chi connectivity index (χ1v) is 10.9. The number of halogens is 1. The summed E-state index contributed by atoms with van der Waals surface area (Å²) in [7, 11) is 0. The lowest BCUT2D eigenvalue weighted by molar-refractivity contribution is -0.137. The Morgan fingerprint density at radius 2 is 1.89 bits per heavy atom. The van der Waals surface area contributed by atoms with Crippen molar-refractivity contribution in [1.29, 1.82) is 0 Å². The first-order valence-electron chi connectivity index (χ1n) is 10.5. The Labute approximate surface area is 172 Å².